The molecular formula is C16H18BrNO. The van der Waals surface area contributed by atoms with Gasteiger partial charge >= 0.3 is 0 Å². The molecule has 2 N–H and O–H groups in total. The fourth-order valence-corrected chi connectivity index (χ4v) is 2.81. The summed E-state index contributed by atoms with van der Waals surface area (Å²) in [4.78, 5) is 0. The van der Waals surface area contributed by atoms with Gasteiger partial charge in [0.15, 0.2) is 0 Å². The highest BCUT2D eigenvalue weighted by atomic mass is 79.9. The molecule has 0 fully saturated rings. The minimum absolute atomic E-state index is 0.175. The van der Waals surface area contributed by atoms with Gasteiger partial charge in [-0.05, 0) is 43.2 Å². The third-order valence-electron chi connectivity index (χ3n) is 3.24. The lowest BCUT2D eigenvalue weighted by atomic mass is 10.0. The van der Waals surface area contributed by atoms with Crippen LogP contribution in [-0.4, -0.2) is 5.11 Å². The van der Waals surface area contributed by atoms with Crippen molar-refractivity contribution in [3.63, 3.8) is 0 Å². The van der Waals surface area contributed by atoms with Crippen molar-refractivity contribution in [1.29, 1.82) is 0 Å². The summed E-state index contributed by atoms with van der Waals surface area (Å²) < 4.78 is 1.11. The van der Waals surface area contributed by atoms with Crippen molar-refractivity contribution in [1.82, 2.24) is 5.32 Å². The van der Waals surface area contributed by atoms with E-state index in [1.165, 1.54) is 5.56 Å². The molecule has 0 amide bonds. The third kappa shape index (κ3) is 3.58. The second-order valence-electron chi connectivity index (χ2n) is 4.73. The lowest BCUT2D eigenvalue weighted by molar-refractivity contribution is 0.466. The molecular weight excluding hydrogens is 302 g/mol. The van der Waals surface area contributed by atoms with Crippen molar-refractivity contribution in [3.05, 3.63) is 64.1 Å². The number of phenolic OH excluding ortho intramolecular Hbond substituents is 1. The highest BCUT2D eigenvalue weighted by molar-refractivity contribution is 9.10. The smallest absolute Gasteiger partial charge is 0.115 e. The van der Waals surface area contributed by atoms with Crippen molar-refractivity contribution in [2.75, 3.05) is 0 Å². The number of hydrogen-bond acceptors (Lipinski definition) is 2. The second-order valence-corrected chi connectivity index (χ2v) is 5.58. The molecule has 0 heterocycles. The van der Waals surface area contributed by atoms with Crippen LogP contribution in [-0.2, 0) is 0 Å². The molecule has 100 valence electrons. The van der Waals surface area contributed by atoms with Gasteiger partial charge in [-0.25, -0.2) is 0 Å². The van der Waals surface area contributed by atoms with Gasteiger partial charge in [0.25, 0.3) is 0 Å². The standard InChI is InChI=1S/C16H18BrNO/c1-11(13-6-5-7-14(19)10-13)18-12(2)15-8-3-4-9-16(15)17/h3-12,18-19H,1-2H3. The third-order valence-corrected chi connectivity index (χ3v) is 3.96. The minimum Gasteiger partial charge on any atom is -0.508 e. The van der Waals surface area contributed by atoms with E-state index < -0.39 is 0 Å². The molecule has 0 saturated carbocycles. The molecule has 2 rings (SSSR count). The number of benzene rings is 2. The van der Waals surface area contributed by atoms with E-state index in [0.29, 0.717) is 5.75 Å². The van der Waals surface area contributed by atoms with Crippen LogP contribution in [0.1, 0.15) is 37.1 Å². The van der Waals surface area contributed by atoms with Gasteiger partial charge in [-0.1, -0.05) is 46.3 Å². The van der Waals surface area contributed by atoms with E-state index in [1.54, 1.807) is 12.1 Å². The largest absolute Gasteiger partial charge is 0.508 e. The van der Waals surface area contributed by atoms with Crippen LogP contribution < -0.4 is 5.32 Å². The predicted octanol–water partition coefficient (Wildman–Crippen LogP) is 4.57. The Labute approximate surface area is 122 Å². The molecule has 2 aromatic carbocycles. The SMILES string of the molecule is CC(NC(C)c1ccccc1Br)c1cccc(O)c1. The van der Waals surface area contributed by atoms with Gasteiger partial charge in [-0.15, -0.1) is 0 Å². The first kappa shape index (κ1) is 14.1. The van der Waals surface area contributed by atoms with Crippen LogP contribution in [0.5, 0.6) is 5.75 Å². The first-order valence-electron chi connectivity index (χ1n) is 6.37. The fourth-order valence-electron chi connectivity index (χ4n) is 2.18. The summed E-state index contributed by atoms with van der Waals surface area (Å²) in [5.74, 6) is 0.305. The van der Waals surface area contributed by atoms with Crippen LogP contribution in [0.2, 0.25) is 0 Å². The van der Waals surface area contributed by atoms with Gasteiger partial charge in [-0.2, -0.15) is 0 Å². The lowest BCUT2D eigenvalue weighted by Crippen LogP contribution is -2.22. The Hall–Kier alpha value is -1.32. The minimum atomic E-state index is 0.175. The van der Waals surface area contributed by atoms with Gasteiger partial charge in [0.2, 0.25) is 0 Å². The topological polar surface area (TPSA) is 32.3 Å². The van der Waals surface area contributed by atoms with Crippen molar-refractivity contribution < 1.29 is 5.11 Å². The van der Waals surface area contributed by atoms with E-state index >= 15 is 0 Å². The highest BCUT2D eigenvalue weighted by Crippen LogP contribution is 2.26. The summed E-state index contributed by atoms with van der Waals surface area (Å²) in [6.45, 7) is 4.24. The number of phenols is 1. The first-order chi connectivity index (χ1) is 9.08. The Kier molecular flexibility index (Phi) is 4.61. The molecule has 0 aliphatic carbocycles. The number of halogens is 1. The number of aromatic hydroxyl groups is 1. The molecule has 19 heavy (non-hydrogen) atoms. The summed E-state index contributed by atoms with van der Waals surface area (Å²) in [7, 11) is 0. The molecule has 0 radical (unpaired) electrons. The summed E-state index contributed by atoms with van der Waals surface area (Å²) >= 11 is 3.57. The van der Waals surface area contributed by atoms with E-state index in [2.05, 4.69) is 41.2 Å². The molecule has 0 saturated heterocycles. The maximum Gasteiger partial charge on any atom is 0.115 e. The summed E-state index contributed by atoms with van der Waals surface area (Å²) in [5.41, 5.74) is 2.31. The summed E-state index contributed by atoms with van der Waals surface area (Å²) in [6, 6.07) is 16.0. The molecule has 0 aromatic heterocycles. The Morgan fingerprint density at radius 3 is 2.42 bits per heavy atom. The molecule has 0 aliphatic rings. The van der Waals surface area contributed by atoms with Crippen molar-refractivity contribution in [3.8, 4) is 5.75 Å². The average Bonchev–Trinajstić information content (AvgIpc) is 2.39. The Balaban J connectivity index is 2.11. The van der Waals surface area contributed by atoms with Crippen molar-refractivity contribution in [2.45, 2.75) is 25.9 Å². The number of rotatable bonds is 4. The summed E-state index contributed by atoms with van der Waals surface area (Å²) in [5, 5.41) is 13.1. The molecule has 0 aliphatic heterocycles. The van der Waals surface area contributed by atoms with Gasteiger partial charge in [0.05, 0.1) is 0 Å². The van der Waals surface area contributed by atoms with E-state index in [4.69, 9.17) is 0 Å². The monoisotopic (exact) mass is 319 g/mol. The van der Waals surface area contributed by atoms with Crippen molar-refractivity contribution >= 4 is 15.9 Å². The number of nitrogens with one attached hydrogen (secondary N) is 1. The molecule has 2 atom stereocenters. The average molecular weight is 320 g/mol. The fraction of sp³-hybridized carbons (Fsp3) is 0.250. The maximum absolute atomic E-state index is 9.52. The Bertz CT molecular complexity index is 556. The van der Waals surface area contributed by atoms with Crippen LogP contribution >= 0.6 is 15.9 Å². The second kappa shape index (κ2) is 6.22. The molecule has 3 heteroatoms. The van der Waals surface area contributed by atoms with E-state index in [1.807, 2.05) is 30.3 Å². The van der Waals surface area contributed by atoms with E-state index in [9.17, 15) is 5.11 Å². The molecule has 0 spiro atoms. The van der Waals surface area contributed by atoms with Crippen LogP contribution in [0.15, 0.2) is 53.0 Å². The zero-order valence-electron chi connectivity index (χ0n) is 11.1. The Morgan fingerprint density at radius 1 is 1.00 bits per heavy atom. The van der Waals surface area contributed by atoms with Crippen molar-refractivity contribution in [2.24, 2.45) is 0 Å². The van der Waals surface area contributed by atoms with Crippen LogP contribution in [0.3, 0.4) is 0 Å². The van der Waals surface area contributed by atoms with E-state index in [-0.39, 0.29) is 12.1 Å². The zero-order chi connectivity index (χ0) is 13.8. The van der Waals surface area contributed by atoms with Gasteiger partial charge in [-0.3, -0.25) is 0 Å². The van der Waals surface area contributed by atoms with Gasteiger partial charge < -0.3 is 10.4 Å². The predicted molar refractivity (Wildman–Crippen MR) is 82.2 cm³/mol. The highest BCUT2D eigenvalue weighted by Gasteiger charge is 2.13. The first-order valence-corrected chi connectivity index (χ1v) is 7.16. The Morgan fingerprint density at radius 2 is 1.74 bits per heavy atom. The quantitative estimate of drug-likeness (QED) is 0.865. The van der Waals surface area contributed by atoms with Gasteiger partial charge in [0, 0.05) is 16.6 Å². The normalized spacial score (nSPS) is 14.1. The van der Waals surface area contributed by atoms with Gasteiger partial charge in [0.1, 0.15) is 5.75 Å². The maximum atomic E-state index is 9.52. The van der Waals surface area contributed by atoms with Crippen LogP contribution in [0, 0.1) is 0 Å². The van der Waals surface area contributed by atoms with Crippen LogP contribution in [0.4, 0.5) is 0 Å². The number of hydrogen-bond donors (Lipinski definition) is 2. The summed E-state index contributed by atoms with van der Waals surface area (Å²) in [6.07, 6.45) is 0. The molecule has 2 aromatic rings. The van der Waals surface area contributed by atoms with Crippen LogP contribution in [0.25, 0.3) is 0 Å². The molecule has 0 bridgehead atoms. The lowest BCUT2D eigenvalue weighted by Gasteiger charge is -2.21. The molecule has 2 unspecified atom stereocenters. The molecule has 2 nitrogen and oxygen atoms in total. The van der Waals surface area contributed by atoms with E-state index in [0.717, 1.165) is 10.0 Å². The zero-order valence-corrected chi connectivity index (χ0v) is 12.7.